The molecule has 1 unspecified atom stereocenters. The van der Waals surface area contributed by atoms with Gasteiger partial charge in [0.15, 0.2) is 0 Å². The number of esters is 1. The van der Waals surface area contributed by atoms with Crippen LogP contribution in [0, 0.1) is 0 Å². The van der Waals surface area contributed by atoms with E-state index in [4.69, 9.17) is 27.5 Å². The molecule has 0 rings (SSSR count). The molecular weight excluding hydrogens is 388 g/mol. The van der Waals surface area contributed by atoms with Crippen LogP contribution in [-0.2, 0) is 32.3 Å². The number of hydrogen-bond acceptors (Lipinski definition) is 7. The van der Waals surface area contributed by atoms with Gasteiger partial charge in [0, 0.05) is 41.1 Å². The molecule has 0 spiro atoms. The molecule has 0 radical (unpaired) electrons. The van der Waals surface area contributed by atoms with Gasteiger partial charge in [-0.25, -0.2) is 0 Å². The van der Waals surface area contributed by atoms with E-state index < -0.39 is 19.2 Å². The van der Waals surface area contributed by atoms with E-state index in [0.717, 1.165) is 6.42 Å². The van der Waals surface area contributed by atoms with Crippen LogP contribution in [0.15, 0.2) is 0 Å². The second-order valence-corrected chi connectivity index (χ2v) is 10.5. The summed E-state index contributed by atoms with van der Waals surface area (Å²) in [5, 5.41) is 0. The monoisotopic (exact) mass is 416 g/mol. The van der Waals surface area contributed by atoms with Gasteiger partial charge in [-0.2, -0.15) is 0 Å². The molecule has 0 saturated carbocycles. The van der Waals surface area contributed by atoms with Crippen molar-refractivity contribution >= 4 is 30.7 Å². The predicted octanol–water partition coefficient (Wildman–Crippen LogP) is 2.00. The van der Waals surface area contributed by atoms with Crippen LogP contribution < -0.4 is 0 Å². The molecule has 7 nitrogen and oxygen atoms in total. The average molecular weight is 417 g/mol. The van der Waals surface area contributed by atoms with Gasteiger partial charge in [0.2, 0.25) is 0 Å². The first kappa shape index (κ1) is 23.0. The van der Waals surface area contributed by atoms with Gasteiger partial charge in [0.25, 0.3) is 0 Å². The molecule has 9 heteroatoms. The van der Waals surface area contributed by atoms with Crippen molar-refractivity contribution in [1.29, 1.82) is 0 Å². The van der Waals surface area contributed by atoms with Gasteiger partial charge in [-0.1, -0.05) is 15.9 Å². The molecule has 23 heavy (non-hydrogen) atoms. The Morgan fingerprint density at radius 1 is 1.09 bits per heavy atom. The molecule has 0 fully saturated rings. The van der Waals surface area contributed by atoms with E-state index in [1.807, 2.05) is 0 Å². The second-order valence-electron chi connectivity index (χ2n) is 5.43. The van der Waals surface area contributed by atoms with E-state index >= 15 is 0 Å². The van der Waals surface area contributed by atoms with Crippen molar-refractivity contribution in [2.24, 2.45) is 0 Å². The zero-order valence-corrected chi connectivity index (χ0v) is 17.4. The number of ether oxygens (including phenoxy) is 3. The maximum atomic E-state index is 11.9. The van der Waals surface area contributed by atoms with Crippen LogP contribution >= 0.6 is 15.9 Å². The Morgan fingerprint density at radius 3 is 2.09 bits per heavy atom. The Morgan fingerprint density at radius 2 is 1.65 bits per heavy atom. The minimum atomic E-state index is -2.56. The minimum Gasteiger partial charge on any atom is -0.456 e. The lowest BCUT2D eigenvalue weighted by Gasteiger charge is -2.24. The van der Waals surface area contributed by atoms with E-state index in [1.54, 1.807) is 42.3 Å². The summed E-state index contributed by atoms with van der Waals surface area (Å²) in [6.45, 7) is 4.49. The number of methoxy groups -OCH3 is 1. The molecule has 1 atom stereocenters. The highest BCUT2D eigenvalue weighted by Crippen LogP contribution is 2.19. The quantitative estimate of drug-likeness (QED) is 0.196. The van der Waals surface area contributed by atoms with Crippen LogP contribution in [0.3, 0.4) is 0 Å². The van der Waals surface area contributed by atoms with Gasteiger partial charge < -0.3 is 27.5 Å². The lowest BCUT2D eigenvalue weighted by atomic mass is 10.2. The number of carbonyl (C=O) groups excluding carboxylic acids is 1. The summed E-state index contributed by atoms with van der Waals surface area (Å²) in [4.78, 5) is 11.9. The Kier molecular flexibility index (Phi) is 11.5. The number of carbonyl (C=O) groups is 1. The molecule has 0 saturated heterocycles. The summed E-state index contributed by atoms with van der Waals surface area (Å²) in [5.41, 5.74) is 0. The topological polar surface area (TPSA) is 72.5 Å². The van der Waals surface area contributed by atoms with Crippen molar-refractivity contribution in [3.05, 3.63) is 0 Å². The van der Waals surface area contributed by atoms with Gasteiger partial charge in [-0.15, -0.1) is 0 Å². The number of hydrogen-bond donors (Lipinski definition) is 0. The number of halogens is 1. The molecule has 0 aromatic rings. The Labute approximate surface area is 148 Å². The van der Waals surface area contributed by atoms with E-state index in [2.05, 4.69) is 15.9 Å². The van der Waals surface area contributed by atoms with Gasteiger partial charge in [-0.05, 0) is 20.3 Å². The third-order valence-electron chi connectivity index (χ3n) is 3.12. The summed E-state index contributed by atoms with van der Waals surface area (Å²) in [7, 11) is 3.73. The predicted molar refractivity (Wildman–Crippen MR) is 91.8 cm³/mol. The van der Waals surface area contributed by atoms with E-state index in [1.165, 1.54) is 0 Å². The minimum absolute atomic E-state index is 0.268. The average Bonchev–Trinajstić information content (AvgIpc) is 2.50. The maximum Gasteiger partial charge on any atom is 0.500 e. The van der Waals surface area contributed by atoms with Crippen molar-refractivity contribution in [2.45, 2.75) is 36.7 Å². The molecule has 0 aliphatic heterocycles. The highest BCUT2D eigenvalue weighted by atomic mass is 79.9. The molecule has 0 bridgehead atoms. The SMILES string of the molecule is COCC(COCCC[Si](OC)(OC)OC)OC(=O)C(C)(C)Br. The van der Waals surface area contributed by atoms with E-state index in [0.29, 0.717) is 12.7 Å². The third-order valence-corrected chi connectivity index (χ3v) is 6.28. The Hall–Kier alpha value is -0.0331. The third kappa shape index (κ3) is 9.13. The molecular formula is C14H29BrO7Si. The number of alkyl halides is 1. The lowest BCUT2D eigenvalue weighted by molar-refractivity contribution is -0.157. The first-order valence-corrected chi connectivity index (χ1v) is 10.1. The molecule has 0 amide bonds. The highest BCUT2D eigenvalue weighted by molar-refractivity contribution is 9.10. The van der Waals surface area contributed by atoms with Crippen molar-refractivity contribution in [3.63, 3.8) is 0 Å². The largest absolute Gasteiger partial charge is 0.500 e. The molecule has 0 aliphatic rings. The van der Waals surface area contributed by atoms with Crippen molar-refractivity contribution in [2.75, 3.05) is 48.3 Å². The zero-order chi connectivity index (χ0) is 17.9. The molecule has 0 aromatic heterocycles. The lowest BCUT2D eigenvalue weighted by Crippen LogP contribution is -2.42. The van der Waals surface area contributed by atoms with E-state index in [9.17, 15) is 4.79 Å². The zero-order valence-electron chi connectivity index (χ0n) is 14.8. The fraction of sp³-hybridized carbons (Fsp3) is 0.929. The van der Waals surface area contributed by atoms with Crippen LogP contribution in [0.4, 0.5) is 0 Å². The summed E-state index contributed by atoms with van der Waals surface area (Å²) >= 11 is 3.27. The van der Waals surface area contributed by atoms with Crippen LogP contribution in [0.5, 0.6) is 0 Å². The van der Waals surface area contributed by atoms with Gasteiger partial charge in [-0.3, -0.25) is 4.79 Å². The fourth-order valence-corrected chi connectivity index (χ4v) is 3.54. The van der Waals surface area contributed by atoms with E-state index in [-0.39, 0.29) is 19.2 Å². The normalized spacial score (nSPS) is 13.9. The van der Waals surface area contributed by atoms with Crippen LogP contribution in [-0.4, -0.2) is 73.5 Å². The standard InChI is InChI=1S/C14H29BrO7Si/c1-14(2,15)13(16)22-12(10-17-3)11-21-8-7-9-23(18-4,19-5)20-6/h12H,7-11H2,1-6H3. The van der Waals surface area contributed by atoms with Crippen LogP contribution in [0.1, 0.15) is 20.3 Å². The molecule has 0 aromatic carbocycles. The van der Waals surface area contributed by atoms with Crippen LogP contribution in [0.2, 0.25) is 6.04 Å². The highest BCUT2D eigenvalue weighted by Gasteiger charge is 2.37. The molecule has 138 valence electrons. The summed E-state index contributed by atoms with van der Waals surface area (Å²) in [5.74, 6) is -0.354. The van der Waals surface area contributed by atoms with Crippen LogP contribution in [0.25, 0.3) is 0 Å². The number of rotatable bonds is 13. The first-order valence-electron chi connectivity index (χ1n) is 7.36. The van der Waals surface area contributed by atoms with Crippen molar-refractivity contribution in [3.8, 4) is 0 Å². The smallest absolute Gasteiger partial charge is 0.456 e. The second kappa shape index (κ2) is 11.5. The van der Waals surface area contributed by atoms with Crippen molar-refractivity contribution in [1.82, 2.24) is 0 Å². The maximum absolute atomic E-state index is 11.9. The molecule has 0 aliphatic carbocycles. The van der Waals surface area contributed by atoms with Gasteiger partial charge in [0.1, 0.15) is 10.4 Å². The fourth-order valence-electron chi connectivity index (χ4n) is 1.76. The molecule has 0 N–H and O–H groups in total. The van der Waals surface area contributed by atoms with Crippen molar-refractivity contribution < 1.29 is 32.3 Å². The summed E-state index contributed by atoms with van der Waals surface area (Å²) < 4.78 is 31.3. The Bertz CT molecular complexity index is 323. The van der Waals surface area contributed by atoms with Gasteiger partial charge in [0.05, 0.1) is 13.2 Å². The summed E-state index contributed by atoms with van der Waals surface area (Å²) in [6.07, 6.45) is 0.276. The summed E-state index contributed by atoms with van der Waals surface area (Å²) in [6, 6.07) is 0.652. The molecule has 0 heterocycles. The van der Waals surface area contributed by atoms with Gasteiger partial charge >= 0.3 is 14.8 Å². The first-order chi connectivity index (χ1) is 10.7. The Balaban J connectivity index is 4.17.